The summed E-state index contributed by atoms with van der Waals surface area (Å²) in [5.74, 6) is -0.403. The number of nitrogens with one attached hydrogen (secondary N) is 2. The third-order valence-corrected chi connectivity index (χ3v) is 7.09. The molecule has 0 aromatic heterocycles. The van der Waals surface area contributed by atoms with E-state index < -0.39 is 22.0 Å². The molecule has 8 nitrogen and oxygen atoms in total. The molecule has 3 rings (SSSR count). The van der Waals surface area contributed by atoms with Crippen molar-refractivity contribution in [3.8, 4) is 5.75 Å². The first-order chi connectivity index (χ1) is 14.6. The van der Waals surface area contributed by atoms with Gasteiger partial charge in [0.1, 0.15) is 5.75 Å². The first-order valence-electron chi connectivity index (χ1n) is 10.1. The maximum Gasteiger partial charge on any atom is 0.265 e. The van der Waals surface area contributed by atoms with Crippen LogP contribution in [0.5, 0.6) is 5.75 Å². The van der Waals surface area contributed by atoms with Crippen molar-refractivity contribution in [2.24, 2.45) is 0 Å². The van der Waals surface area contributed by atoms with Crippen LogP contribution in [0, 0.1) is 6.92 Å². The van der Waals surface area contributed by atoms with E-state index in [0.29, 0.717) is 29.1 Å². The fourth-order valence-corrected chi connectivity index (χ4v) is 4.70. The van der Waals surface area contributed by atoms with Gasteiger partial charge in [0.15, 0.2) is 6.10 Å². The Labute approximate surface area is 182 Å². The van der Waals surface area contributed by atoms with Gasteiger partial charge in [0.05, 0.1) is 17.1 Å². The van der Waals surface area contributed by atoms with Gasteiger partial charge in [-0.1, -0.05) is 26.0 Å². The second-order valence-corrected chi connectivity index (χ2v) is 9.49. The van der Waals surface area contributed by atoms with E-state index in [4.69, 9.17) is 4.74 Å². The Bertz CT molecular complexity index is 1110. The van der Waals surface area contributed by atoms with E-state index in [-0.39, 0.29) is 17.3 Å². The summed E-state index contributed by atoms with van der Waals surface area (Å²) in [5.41, 5.74) is 2.57. The molecule has 1 atom stereocenters. The molecule has 0 radical (unpaired) electrons. The molecule has 2 amide bonds. The van der Waals surface area contributed by atoms with Crippen LogP contribution < -0.4 is 15.4 Å². The summed E-state index contributed by atoms with van der Waals surface area (Å²) in [6.45, 7) is 5.11. The predicted molar refractivity (Wildman–Crippen MR) is 119 cm³/mol. The largest absolute Gasteiger partial charge is 0.478 e. The summed E-state index contributed by atoms with van der Waals surface area (Å²) >= 11 is 0. The van der Waals surface area contributed by atoms with Crippen LogP contribution in [0.15, 0.2) is 41.3 Å². The van der Waals surface area contributed by atoms with Crippen molar-refractivity contribution < 1.29 is 22.7 Å². The smallest absolute Gasteiger partial charge is 0.265 e. The van der Waals surface area contributed by atoms with Crippen LogP contribution in [0.25, 0.3) is 0 Å². The molecule has 2 N–H and O–H groups in total. The summed E-state index contributed by atoms with van der Waals surface area (Å²) in [6.07, 6.45) is 0.616. The highest BCUT2D eigenvalue weighted by Crippen LogP contribution is 2.35. The van der Waals surface area contributed by atoms with Gasteiger partial charge >= 0.3 is 0 Å². The summed E-state index contributed by atoms with van der Waals surface area (Å²) in [4.78, 5) is 24.5. The molecule has 1 aliphatic heterocycles. The number of ether oxygens (including phenoxy) is 1. The number of nitrogens with zero attached hydrogens (tertiary/aromatic N) is 1. The molecule has 0 aliphatic carbocycles. The van der Waals surface area contributed by atoms with E-state index in [1.54, 1.807) is 19.1 Å². The third-order valence-electron chi connectivity index (χ3n) is 5.14. The second-order valence-electron chi connectivity index (χ2n) is 7.48. The van der Waals surface area contributed by atoms with E-state index in [0.717, 1.165) is 16.3 Å². The van der Waals surface area contributed by atoms with Crippen molar-refractivity contribution in [2.75, 3.05) is 24.2 Å². The first-order valence-corrected chi connectivity index (χ1v) is 11.6. The number of anilines is 2. The fraction of sp³-hybridized carbons (Fsp3) is 0.364. The highest BCUT2D eigenvalue weighted by atomic mass is 32.2. The van der Waals surface area contributed by atoms with Crippen LogP contribution >= 0.6 is 0 Å². The minimum Gasteiger partial charge on any atom is -0.478 e. The average molecular weight is 446 g/mol. The number of rotatable bonds is 7. The highest BCUT2D eigenvalue weighted by Gasteiger charge is 2.31. The van der Waals surface area contributed by atoms with Crippen molar-refractivity contribution in [1.29, 1.82) is 0 Å². The predicted octanol–water partition coefficient (Wildman–Crippen LogP) is 2.93. The molecule has 9 heteroatoms. The molecule has 166 valence electrons. The molecular formula is C22H27N3O5S. The number of carbonyl (C=O) groups is 2. The number of likely N-dealkylation sites (N-methyl/N-ethyl adjacent to an activating group) is 1. The molecule has 0 saturated carbocycles. The Hall–Kier alpha value is -2.91. The fourth-order valence-electron chi connectivity index (χ4n) is 3.36. The molecule has 0 unspecified atom stereocenters. The van der Waals surface area contributed by atoms with Crippen molar-refractivity contribution in [1.82, 2.24) is 4.31 Å². The van der Waals surface area contributed by atoms with Gasteiger partial charge in [-0.15, -0.1) is 0 Å². The van der Waals surface area contributed by atoms with E-state index in [2.05, 4.69) is 10.6 Å². The summed E-state index contributed by atoms with van der Waals surface area (Å²) in [6, 6.07) is 10.4. The van der Waals surface area contributed by atoms with E-state index in [9.17, 15) is 18.0 Å². The van der Waals surface area contributed by atoms with Crippen molar-refractivity contribution in [3.63, 3.8) is 0 Å². The highest BCUT2D eigenvalue weighted by molar-refractivity contribution is 7.89. The normalized spacial score (nSPS) is 15.8. The number of amides is 2. The van der Waals surface area contributed by atoms with Crippen molar-refractivity contribution in [2.45, 2.75) is 44.6 Å². The number of benzene rings is 2. The van der Waals surface area contributed by atoms with Gasteiger partial charge in [-0.2, -0.15) is 4.31 Å². The lowest BCUT2D eigenvalue weighted by molar-refractivity contribution is -0.123. The Morgan fingerprint density at radius 3 is 2.65 bits per heavy atom. The molecule has 0 spiro atoms. The van der Waals surface area contributed by atoms with Gasteiger partial charge < -0.3 is 15.4 Å². The number of sulfonamides is 1. The molecular weight excluding hydrogens is 418 g/mol. The lowest BCUT2D eigenvalue weighted by atomic mass is 10.1. The number of hydrogen-bond donors (Lipinski definition) is 2. The van der Waals surface area contributed by atoms with Gasteiger partial charge in [0, 0.05) is 18.8 Å². The average Bonchev–Trinajstić information content (AvgIpc) is 2.72. The number of fused-ring (bicyclic) bond motifs is 1. The van der Waals surface area contributed by atoms with Crippen LogP contribution in [-0.4, -0.2) is 44.2 Å². The molecule has 1 heterocycles. The van der Waals surface area contributed by atoms with Gasteiger partial charge in [-0.3, -0.25) is 9.59 Å². The minimum absolute atomic E-state index is 0.0283. The van der Waals surface area contributed by atoms with Gasteiger partial charge in [-0.25, -0.2) is 8.42 Å². The monoisotopic (exact) mass is 445 g/mol. The molecule has 0 saturated heterocycles. The Morgan fingerprint density at radius 2 is 1.97 bits per heavy atom. The van der Waals surface area contributed by atoms with Crippen LogP contribution in [-0.2, 0) is 26.0 Å². The van der Waals surface area contributed by atoms with Gasteiger partial charge in [0.2, 0.25) is 15.9 Å². The van der Waals surface area contributed by atoms with Crippen LogP contribution in [0.3, 0.4) is 0 Å². The minimum atomic E-state index is -3.96. The first kappa shape index (κ1) is 22.8. The number of aryl methyl sites for hydroxylation is 2. The van der Waals surface area contributed by atoms with Crippen molar-refractivity contribution >= 4 is 33.2 Å². The Balaban J connectivity index is 1.79. The number of carbonyl (C=O) groups excluding carboxylic acids is 2. The second kappa shape index (κ2) is 9.07. The Morgan fingerprint density at radius 1 is 1.23 bits per heavy atom. The number of hydrogen-bond acceptors (Lipinski definition) is 5. The maximum atomic E-state index is 13.1. The van der Waals surface area contributed by atoms with E-state index in [1.807, 2.05) is 32.0 Å². The lowest BCUT2D eigenvalue weighted by Crippen LogP contribution is -2.37. The van der Waals surface area contributed by atoms with E-state index in [1.165, 1.54) is 13.1 Å². The van der Waals surface area contributed by atoms with Crippen LogP contribution in [0.2, 0.25) is 0 Å². The SMILES string of the molecule is CCc1cccc(NC(=O)CN(C)S(=O)(=O)c2cc3c(cc2C)NC(=O)[C@H](CC)O3)c1. The van der Waals surface area contributed by atoms with E-state index >= 15 is 0 Å². The van der Waals surface area contributed by atoms with Gasteiger partial charge in [-0.05, 0) is 49.1 Å². The van der Waals surface area contributed by atoms with Gasteiger partial charge in [0.25, 0.3) is 5.91 Å². The Kier molecular flexibility index (Phi) is 6.66. The molecule has 2 aromatic carbocycles. The third kappa shape index (κ3) is 4.88. The zero-order chi connectivity index (χ0) is 22.8. The zero-order valence-electron chi connectivity index (χ0n) is 18.1. The lowest BCUT2D eigenvalue weighted by Gasteiger charge is -2.27. The van der Waals surface area contributed by atoms with Crippen LogP contribution in [0.4, 0.5) is 11.4 Å². The molecule has 2 aromatic rings. The molecule has 0 bridgehead atoms. The van der Waals surface area contributed by atoms with Crippen molar-refractivity contribution in [3.05, 3.63) is 47.5 Å². The maximum absolute atomic E-state index is 13.1. The molecule has 31 heavy (non-hydrogen) atoms. The molecule has 0 fully saturated rings. The summed E-state index contributed by atoms with van der Waals surface area (Å²) < 4.78 is 33.0. The topological polar surface area (TPSA) is 105 Å². The summed E-state index contributed by atoms with van der Waals surface area (Å²) in [5, 5.41) is 5.48. The van der Waals surface area contributed by atoms with Crippen LogP contribution in [0.1, 0.15) is 31.4 Å². The zero-order valence-corrected chi connectivity index (χ0v) is 18.9. The molecule has 1 aliphatic rings. The summed E-state index contributed by atoms with van der Waals surface area (Å²) in [7, 11) is -2.61. The standard InChI is InChI=1S/C22H27N3O5S/c1-5-15-8-7-9-16(11-15)23-21(26)13-25(4)31(28,29)20-12-19-17(10-14(20)3)24-22(27)18(6-2)30-19/h7-12,18H,5-6,13H2,1-4H3,(H,23,26)(H,24,27)/t18-/m0/s1. The quantitative estimate of drug-likeness (QED) is 0.682.